The molecule has 0 aromatic carbocycles. The zero-order chi connectivity index (χ0) is 7.56. The van der Waals surface area contributed by atoms with Gasteiger partial charge < -0.3 is 5.32 Å². The van der Waals surface area contributed by atoms with Crippen LogP contribution < -0.4 is 5.32 Å². The summed E-state index contributed by atoms with van der Waals surface area (Å²) >= 11 is 0. The maximum Gasteiger partial charge on any atom is 0.217 e. The van der Waals surface area contributed by atoms with E-state index in [1.54, 1.807) is 0 Å². The first-order valence-corrected chi connectivity index (χ1v) is 3.50. The fourth-order valence-corrected chi connectivity index (χ4v) is 1.21. The van der Waals surface area contributed by atoms with Crippen LogP contribution in [0.2, 0.25) is 0 Å². The van der Waals surface area contributed by atoms with Crippen molar-refractivity contribution in [3.63, 3.8) is 0 Å². The maximum absolute atomic E-state index is 10.9. The number of nitrogens with one attached hydrogen (secondary N) is 1. The highest BCUT2D eigenvalue weighted by Crippen LogP contribution is 2.13. The van der Waals surface area contributed by atoms with Crippen molar-refractivity contribution in [2.45, 2.75) is 32.2 Å². The highest BCUT2D eigenvalue weighted by Gasteiger charge is 2.24. The molecule has 0 bridgehead atoms. The molecule has 3 heteroatoms. The van der Waals surface area contributed by atoms with Crippen molar-refractivity contribution in [2.75, 3.05) is 0 Å². The summed E-state index contributed by atoms with van der Waals surface area (Å²) < 4.78 is 0. The molecule has 0 radical (unpaired) electrons. The predicted molar refractivity (Wildman–Crippen MR) is 36.5 cm³/mol. The molecular formula is C7H11NO2. The maximum atomic E-state index is 10.9. The van der Waals surface area contributed by atoms with Crippen LogP contribution in [0.15, 0.2) is 0 Å². The van der Waals surface area contributed by atoms with Crippen molar-refractivity contribution in [1.82, 2.24) is 5.32 Å². The largest absolute Gasteiger partial charge is 0.347 e. The van der Waals surface area contributed by atoms with E-state index in [4.69, 9.17) is 0 Å². The molecule has 0 aromatic rings. The summed E-state index contributed by atoms with van der Waals surface area (Å²) in [6.07, 6.45) is 2.37. The van der Waals surface area contributed by atoms with Crippen LogP contribution in [0.5, 0.6) is 0 Å². The third kappa shape index (κ3) is 1.56. The first kappa shape index (κ1) is 7.25. The van der Waals surface area contributed by atoms with Crippen molar-refractivity contribution >= 4 is 11.7 Å². The van der Waals surface area contributed by atoms with Crippen LogP contribution in [0, 0.1) is 0 Å². The molecule has 1 fully saturated rings. The van der Waals surface area contributed by atoms with Gasteiger partial charge in [-0.2, -0.15) is 0 Å². The van der Waals surface area contributed by atoms with Crippen LogP contribution in [-0.2, 0) is 9.59 Å². The molecule has 0 aliphatic heterocycles. The molecule has 0 heterocycles. The molecule has 1 N–H and O–H groups in total. The molecule has 1 aliphatic rings. The zero-order valence-corrected chi connectivity index (χ0v) is 6.02. The molecule has 56 valence electrons. The minimum atomic E-state index is -0.183. The highest BCUT2D eigenvalue weighted by molar-refractivity contribution is 5.89. The minimum Gasteiger partial charge on any atom is -0.347 e. The smallest absolute Gasteiger partial charge is 0.217 e. The van der Waals surface area contributed by atoms with Crippen LogP contribution in [0.25, 0.3) is 0 Å². The molecule has 0 unspecified atom stereocenters. The highest BCUT2D eigenvalue weighted by atomic mass is 16.2. The second-order valence-electron chi connectivity index (χ2n) is 2.61. The van der Waals surface area contributed by atoms with Gasteiger partial charge in [0.25, 0.3) is 0 Å². The van der Waals surface area contributed by atoms with E-state index in [-0.39, 0.29) is 17.7 Å². The molecule has 1 atom stereocenters. The van der Waals surface area contributed by atoms with Crippen LogP contribution in [0.1, 0.15) is 26.2 Å². The summed E-state index contributed by atoms with van der Waals surface area (Å²) in [5, 5.41) is 2.60. The Kier molecular flexibility index (Phi) is 2.04. The van der Waals surface area contributed by atoms with Gasteiger partial charge in [-0.1, -0.05) is 0 Å². The summed E-state index contributed by atoms with van der Waals surface area (Å²) in [6, 6.07) is -0.183. The Hall–Kier alpha value is -0.860. The third-order valence-electron chi connectivity index (χ3n) is 1.68. The number of hydrogen-bond acceptors (Lipinski definition) is 2. The first-order chi connectivity index (χ1) is 4.70. The molecule has 1 amide bonds. The van der Waals surface area contributed by atoms with Gasteiger partial charge in [0.2, 0.25) is 5.91 Å². The number of amides is 1. The molecular weight excluding hydrogens is 130 g/mol. The minimum absolute atomic E-state index is 0.111. The lowest BCUT2D eigenvalue weighted by Gasteiger charge is -2.06. The fraction of sp³-hybridized carbons (Fsp3) is 0.714. The van der Waals surface area contributed by atoms with Gasteiger partial charge in [0.05, 0.1) is 6.04 Å². The van der Waals surface area contributed by atoms with Gasteiger partial charge in [-0.3, -0.25) is 9.59 Å². The Morgan fingerprint density at radius 2 is 2.40 bits per heavy atom. The van der Waals surface area contributed by atoms with Crippen LogP contribution >= 0.6 is 0 Å². The molecule has 1 saturated carbocycles. The lowest BCUT2D eigenvalue weighted by atomic mass is 10.2. The normalized spacial score (nSPS) is 24.9. The van der Waals surface area contributed by atoms with E-state index in [0.717, 1.165) is 12.8 Å². The zero-order valence-electron chi connectivity index (χ0n) is 6.02. The summed E-state index contributed by atoms with van der Waals surface area (Å²) in [7, 11) is 0. The Bertz CT molecular complexity index is 165. The Morgan fingerprint density at radius 3 is 2.80 bits per heavy atom. The van der Waals surface area contributed by atoms with E-state index in [1.807, 2.05) is 0 Å². The second kappa shape index (κ2) is 2.82. The molecule has 0 saturated heterocycles. The van der Waals surface area contributed by atoms with Gasteiger partial charge in [0.15, 0.2) is 5.78 Å². The molecule has 3 nitrogen and oxygen atoms in total. The van der Waals surface area contributed by atoms with E-state index in [0.29, 0.717) is 6.42 Å². The predicted octanol–water partition coefficient (Wildman–Crippen LogP) is 0.244. The van der Waals surface area contributed by atoms with Crippen molar-refractivity contribution < 1.29 is 9.59 Å². The number of rotatable bonds is 1. The fourth-order valence-electron chi connectivity index (χ4n) is 1.21. The number of Topliss-reactive ketones (excluding diaryl/α,β-unsaturated/α-hetero) is 1. The van der Waals surface area contributed by atoms with E-state index in [9.17, 15) is 9.59 Å². The van der Waals surface area contributed by atoms with Crippen molar-refractivity contribution in [1.29, 1.82) is 0 Å². The number of ketones is 1. The Morgan fingerprint density at radius 1 is 1.70 bits per heavy atom. The molecule has 0 aromatic heterocycles. The number of hydrogen-bond donors (Lipinski definition) is 1. The first-order valence-electron chi connectivity index (χ1n) is 3.50. The molecule has 1 rings (SSSR count). The van der Waals surface area contributed by atoms with Crippen molar-refractivity contribution in [3.05, 3.63) is 0 Å². The third-order valence-corrected chi connectivity index (χ3v) is 1.68. The Balaban J connectivity index is 2.40. The van der Waals surface area contributed by atoms with E-state index in [1.165, 1.54) is 6.92 Å². The lowest BCUT2D eigenvalue weighted by Crippen LogP contribution is -2.35. The Labute approximate surface area is 59.8 Å². The van der Waals surface area contributed by atoms with E-state index >= 15 is 0 Å². The van der Waals surface area contributed by atoms with Gasteiger partial charge >= 0.3 is 0 Å². The van der Waals surface area contributed by atoms with Gasteiger partial charge in [-0.15, -0.1) is 0 Å². The average molecular weight is 141 g/mol. The van der Waals surface area contributed by atoms with Crippen LogP contribution in [0.3, 0.4) is 0 Å². The van der Waals surface area contributed by atoms with Crippen LogP contribution in [-0.4, -0.2) is 17.7 Å². The summed E-state index contributed by atoms with van der Waals surface area (Å²) in [6.45, 7) is 1.44. The van der Waals surface area contributed by atoms with E-state index < -0.39 is 0 Å². The van der Waals surface area contributed by atoms with E-state index in [2.05, 4.69) is 5.32 Å². The number of carbonyl (C=O) groups is 2. The lowest BCUT2D eigenvalue weighted by molar-refractivity contribution is -0.125. The van der Waals surface area contributed by atoms with Crippen molar-refractivity contribution in [2.24, 2.45) is 0 Å². The van der Waals surface area contributed by atoms with Gasteiger partial charge in [-0.25, -0.2) is 0 Å². The topological polar surface area (TPSA) is 46.2 Å². The van der Waals surface area contributed by atoms with Crippen molar-refractivity contribution in [3.8, 4) is 0 Å². The van der Waals surface area contributed by atoms with Gasteiger partial charge in [-0.05, 0) is 12.8 Å². The standard InChI is InChI=1S/C7H11NO2/c1-5(9)8-6-3-2-4-7(6)10/h6H,2-4H2,1H3,(H,8,9)/t6-/m0/s1. The molecule has 1 aliphatic carbocycles. The molecule has 10 heavy (non-hydrogen) atoms. The summed E-state index contributed by atoms with van der Waals surface area (Å²) in [5.41, 5.74) is 0. The number of carbonyl (C=O) groups excluding carboxylic acids is 2. The van der Waals surface area contributed by atoms with Gasteiger partial charge in [0, 0.05) is 13.3 Å². The SMILES string of the molecule is CC(=O)N[C@H]1CCCC1=O. The summed E-state index contributed by atoms with van der Waals surface area (Å²) in [4.78, 5) is 21.4. The monoisotopic (exact) mass is 141 g/mol. The van der Waals surface area contributed by atoms with Crippen LogP contribution in [0.4, 0.5) is 0 Å². The quantitative estimate of drug-likeness (QED) is 0.568. The molecule has 0 spiro atoms. The average Bonchev–Trinajstić information content (AvgIpc) is 2.15. The second-order valence-corrected chi connectivity index (χ2v) is 2.61. The van der Waals surface area contributed by atoms with Gasteiger partial charge in [0.1, 0.15) is 0 Å². The summed E-state index contributed by atoms with van der Waals surface area (Å²) in [5.74, 6) is 0.0652.